The molecule has 70 valence electrons. The highest BCUT2D eigenvalue weighted by atomic mass is 16.5. The van der Waals surface area contributed by atoms with E-state index in [1.165, 1.54) is 5.01 Å². The van der Waals surface area contributed by atoms with E-state index in [0.29, 0.717) is 17.9 Å². The van der Waals surface area contributed by atoms with Gasteiger partial charge in [0, 0.05) is 7.05 Å². The molecule has 0 aromatic heterocycles. The number of anilines is 1. The predicted molar refractivity (Wildman–Crippen MR) is 50.5 cm³/mol. The molecule has 0 aliphatic carbocycles. The van der Waals surface area contributed by atoms with Gasteiger partial charge in [-0.25, -0.2) is 5.84 Å². The lowest BCUT2D eigenvalue weighted by molar-refractivity contribution is -0.120. The van der Waals surface area contributed by atoms with Crippen LogP contribution in [0, 0.1) is 6.92 Å². The number of nitrogens with zero attached hydrogens (tertiary/aromatic N) is 1. The fourth-order valence-electron chi connectivity index (χ4n) is 1.06. The van der Waals surface area contributed by atoms with Crippen molar-refractivity contribution in [3.8, 4) is 5.75 Å². The summed E-state index contributed by atoms with van der Waals surface area (Å²) in [7, 11) is 1.68. The molecular weight excluding hydrogens is 168 g/mol. The summed E-state index contributed by atoms with van der Waals surface area (Å²) in [6.45, 7) is 2.31. The first-order valence-corrected chi connectivity index (χ1v) is 3.84. The number of hydrogen-bond donors (Lipinski definition) is 1. The average Bonchev–Trinajstić information content (AvgIpc) is 2.04. The molecular formula is C9H12N2O2. The lowest BCUT2D eigenvalue weighted by Gasteiger charge is -2.15. The molecule has 13 heavy (non-hydrogen) atoms. The van der Waals surface area contributed by atoms with Crippen LogP contribution in [0.25, 0.3) is 0 Å². The van der Waals surface area contributed by atoms with Crippen molar-refractivity contribution in [2.24, 2.45) is 5.84 Å². The van der Waals surface area contributed by atoms with Crippen molar-refractivity contribution in [1.82, 2.24) is 0 Å². The molecule has 0 spiro atoms. The molecule has 0 unspecified atom stereocenters. The van der Waals surface area contributed by atoms with Gasteiger partial charge in [-0.05, 0) is 24.6 Å². The zero-order valence-corrected chi connectivity index (χ0v) is 7.65. The average molecular weight is 180 g/mol. The van der Waals surface area contributed by atoms with Crippen molar-refractivity contribution in [3.63, 3.8) is 0 Å². The van der Waals surface area contributed by atoms with Crippen LogP contribution in [0.15, 0.2) is 18.2 Å². The molecule has 4 heteroatoms. The van der Waals surface area contributed by atoms with Gasteiger partial charge in [-0.15, -0.1) is 0 Å². The molecule has 1 aromatic rings. The van der Waals surface area contributed by atoms with Crippen molar-refractivity contribution >= 4 is 12.2 Å². The molecule has 0 radical (unpaired) electrons. The van der Waals surface area contributed by atoms with Gasteiger partial charge in [0.15, 0.2) is 5.75 Å². The number of aryl methyl sites for hydroxylation is 1. The van der Waals surface area contributed by atoms with Gasteiger partial charge in [0.25, 0.3) is 6.47 Å². The van der Waals surface area contributed by atoms with E-state index in [0.717, 1.165) is 5.56 Å². The highest BCUT2D eigenvalue weighted by Crippen LogP contribution is 2.26. The Morgan fingerprint density at radius 2 is 2.23 bits per heavy atom. The number of hydrogen-bond acceptors (Lipinski definition) is 4. The lowest BCUT2D eigenvalue weighted by atomic mass is 10.2. The minimum atomic E-state index is 0.391. The number of carbonyl (C=O) groups excluding carboxylic acids is 1. The Balaban J connectivity index is 3.10. The van der Waals surface area contributed by atoms with Crippen LogP contribution in [0.5, 0.6) is 5.75 Å². The van der Waals surface area contributed by atoms with Crippen LogP contribution in [-0.2, 0) is 4.79 Å². The van der Waals surface area contributed by atoms with Gasteiger partial charge >= 0.3 is 0 Å². The minimum Gasteiger partial charge on any atom is -0.426 e. The molecule has 4 nitrogen and oxygen atoms in total. The molecule has 1 aromatic carbocycles. The zero-order chi connectivity index (χ0) is 9.84. The van der Waals surface area contributed by atoms with Crippen LogP contribution in [-0.4, -0.2) is 13.5 Å². The Labute approximate surface area is 76.9 Å². The van der Waals surface area contributed by atoms with Crippen LogP contribution < -0.4 is 15.6 Å². The zero-order valence-electron chi connectivity index (χ0n) is 7.65. The summed E-state index contributed by atoms with van der Waals surface area (Å²) in [6.07, 6.45) is 0. The van der Waals surface area contributed by atoms with Crippen molar-refractivity contribution in [1.29, 1.82) is 0 Å². The van der Waals surface area contributed by atoms with Crippen LogP contribution in [0.2, 0.25) is 0 Å². The van der Waals surface area contributed by atoms with E-state index in [9.17, 15) is 4.79 Å². The van der Waals surface area contributed by atoms with Gasteiger partial charge in [0.1, 0.15) is 0 Å². The van der Waals surface area contributed by atoms with Gasteiger partial charge in [0.05, 0.1) is 5.69 Å². The number of rotatable bonds is 3. The summed E-state index contributed by atoms with van der Waals surface area (Å²) in [5.74, 6) is 6.00. The van der Waals surface area contributed by atoms with Crippen LogP contribution in [0.3, 0.4) is 0 Å². The topological polar surface area (TPSA) is 55.6 Å². The second-order valence-corrected chi connectivity index (χ2v) is 2.80. The third-order valence-corrected chi connectivity index (χ3v) is 1.67. The monoisotopic (exact) mass is 180 g/mol. The van der Waals surface area contributed by atoms with Crippen molar-refractivity contribution in [2.45, 2.75) is 6.92 Å². The third kappa shape index (κ3) is 2.19. The maximum Gasteiger partial charge on any atom is 0.298 e. The first kappa shape index (κ1) is 9.54. The summed E-state index contributed by atoms with van der Waals surface area (Å²) in [5.41, 5.74) is 1.69. The fraction of sp³-hybridized carbons (Fsp3) is 0.222. The number of carbonyl (C=O) groups is 1. The molecule has 0 aliphatic heterocycles. The second kappa shape index (κ2) is 3.91. The third-order valence-electron chi connectivity index (χ3n) is 1.67. The molecule has 0 heterocycles. The highest BCUT2D eigenvalue weighted by molar-refractivity contribution is 5.62. The van der Waals surface area contributed by atoms with Crippen molar-refractivity contribution in [3.05, 3.63) is 23.8 Å². The number of hydrazine groups is 1. The summed E-state index contributed by atoms with van der Waals surface area (Å²) in [6, 6.07) is 5.46. The Morgan fingerprint density at radius 3 is 2.77 bits per heavy atom. The largest absolute Gasteiger partial charge is 0.426 e. The maximum absolute atomic E-state index is 10.2. The van der Waals surface area contributed by atoms with Gasteiger partial charge in [-0.1, -0.05) is 6.07 Å². The first-order chi connectivity index (χ1) is 6.15. The summed E-state index contributed by atoms with van der Waals surface area (Å²) < 4.78 is 4.78. The summed E-state index contributed by atoms with van der Waals surface area (Å²) in [5, 5.41) is 1.40. The van der Waals surface area contributed by atoms with Gasteiger partial charge < -0.3 is 9.75 Å². The lowest BCUT2D eigenvalue weighted by Crippen LogP contribution is -2.25. The van der Waals surface area contributed by atoms with Gasteiger partial charge in [0.2, 0.25) is 0 Å². The predicted octanol–water partition coefficient (Wildman–Crippen LogP) is 0.840. The molecule has 0 saturated carbocycles. The molecule has 1 rings (SSSR count). The smallest absolute Gasteiger partial charge is 0.298 e. The van der Waals surface area contributed by atoms with E-state index < -0.39 is 0 Å². The summed E-state index contributed by atoms with van der Waals surface area (Å²) in [4.78, 5) is 10.2. The van der Waals surface area contributed by atoms with E-state index in [4.69, 9.17) is 10.6 Å². The van der Waals surface area contributed by atoms with Crippen LogP contribution in [0.1, 0.15) is 5.56 Å². The number of benzene rings is 1. The Hall–Kier alpha value is -1.55. The SMILES string of the molecule is Cc1ccc(N(C)N)c(OC=O)c1. The van der Waals surface area contributed by atoms with E-state index in [1.54, 1.807) is 19.2 Å². The highest BCUT2D eigenvalue weighted by Gasteiger charge is 2.05. The minimum absolute atomic E-state index is 0.391. The number of ether oxygens (including phenoxy) is 1. The molecule has 2 N–H and O–H groups in total. The Bertz CT molecular complexity index is 310. The summed E-state index contributed by atoms with van der Waals surface area (Å²) >= 11 is 0. The molecule has 0 atom stereocenters. The van der Waals surface area contributed by atoms with Crippen molar-refractivity contribution < 1.29 is 9.53 Å². The van der Waals surface area contributed by atoms with Gasteiger partial charge in [-0.3, -0.25) is 4.79 Å². The normalized spacial score (nSPS) is 9.46. The standard InChI is InChI=1S/C9H12N2O2/c1-7-3-4-8(11(2)10)9(5-7)13-6-12/h3-6H,10H2,1-2H3. The van der Waals surface area contributed by atoms with Gasteiger partial charge in [-0.2, -0.15) is 0 Å². The molecule has 0 fully saturated rings. The Kier molecular flexibility index (Phi) is 2.87. The van der Waals surface area contributed by atoms with E-state index >= 15 is 0 Å². The van der Waals surface area contributed by atoms with Crippen LogP contribution >= 0.6 is 0 Å². The van der Waals surface area contributed by atoms with Crippen molar-refractivity contribution in [2.75, 3.05) is 12.1 Å². The Morgan fingerprint density at radius 1 is 1.54 bits per heavy atom. The van der Waals surface area contributed by atoms with E-state index in [1.807, 2.05) is 13.0 Å². The number of nitrogens with two attached hydrogens (primary N) is 1. The van der Waals surface area contributed by atoms with Crippen LogP contribution in [0.4, 0.5) is 5.69 Å². The quantitative estimate of drug-likeness (QED) is 0.425. The fourth-order valence-corrected chi connectivity index (χ4v) is 1.06. The second-order valence-electron chi connectivity index (χ2n) is 2.80. The molecule has 0 bridgehead atoms. The molecule has 0 aliphatic rings. The molecule has 0 amide bonds. The van der Waals surface area contributed by atoms with E-state index in [-0.39, 0.29) is 0 Å². The molecule has 0 saturated heterocycles. The first-order valence-electron chi connectivity index (χ1n) is 3.84. The maximum atomic E-state index is 10.2. The van der Waals surface area contributed by atoms with E-state index in [2.05, 4.69) is 0 Å².